The molecule has 0 unspecified atom stereocenters. The van der Waals surface area contributed by atoms with Crippen molar-refractivity contribution in [3.63, 3.8) is 0 Å². The second-order valence-corrected chi connectivity index (χ2v) is 12.4. The number of unbranched alkanes of at least 4 members (excludes halogenated alkanes) is 3. The molecule has 1 aliphatic carbocycles. The Hall–Kier alpha value is -3.69. The average molecular weight is 593 g/mol. The van der Waals surface area contributed by atoms with Crippen molar-refractivity contribution in [3.05, 3.63) is 41.7 Å². The molecule has 43 heavy (non-hydrogen) atoms. The van der Waals surface area contributed by atoms with Gasteiger partial charge in [0, 0.05) is 6.54 Å². The standard InChI is InChI=1S/C33H48N6O4/c1-6-8-9-13-20-34-29-28-30(38(23-35-28)22-27(40)42-7-2)37-31(36-29)39(32(41)43-33(3,4)5)21-24-16-18-26(19-17-24)25-14-11-10-12-15-25/h16-19,23,25H,6-15,20-22H2,1-5H3,(H,34,36,37). The number of amides is 1. The molecule has 1 amide bonds. The van der Waals surface area contributed by atoms with Crippen molar-refractivity contribution in [2.75, 3.05) is 23.4 Å². The van der Waals surface area contributed by atoms with Gasteiger partial charge in [0.25, 0.3) is 0 Å². The number of fused-ring (bicyclic) bond motifs is 1. The third-order valence-electron chi connectivity index (χ3n) is 7.63. The number of aromatic nitrogens is 4. The molecule has 2 aromatic heterocycles. The van der Waals surface area contributed by atoms with Crippen LogP contribution in [0, 0.1) is 0 Å². The molecule has 0 radical (unpaired) electrons. The Morgan fingerprint density at radius 3 is 2.44 bits per heavy atom. The third-order valence-corrected chi connectivity index (χ3v) is 7.63. The summed E-state index contributed by atoms with van der Waals surface area (Å²) in [5.41, 5.74) is 2.56. The van der Waals surface area contributed by atoms with Gasteiger partial charge in [0.2, 0.25) is 5.95 Å². The highest BCUT2D eigenvalue weighted by molar-refractivity contribution is 5.90. The third kappa shape index (κ3) is 9.15. The average Bonchev–Trinajstić information content (AvgIpc) is 3.38. The van der Waals surface area contributed by atoms with E-state index in [2.05, 4.69) is 41.5 Å². The van der Waals surface area contributed by atoms with E-state index < -0.39 is 17.7 Å². The molecule has 1 saturated carbocycles. The molecule has 10 nitrogen and oxygen atoms in total. The second kappa shape index (κ2) is 15.2. The number of anilines is 2. The minimum Gasteiger partial charge on any atom is -0.465 e. The highest BCUT2D eigenvalue weighted by atomic mass is 16.6. The molecule has 1 fully saturated rings. The van der Waals surface area contributed by atoms with Gasteiger partial charge in [-0.05, 0) is 64.0 Å². The van der Waals surface area contributed by atoms with E-state index in [4.69, 9.17) is 19.4 Å². The molecule has 0 atom stereocenters. The maximum atomic E-state index is 13.7. The van der Waals surface area contributed by atoms with Crippen molar-refractivity contribution in [2.24, 2.45) is 0 Å². The van der Waals surface area contributed by atoms with Crippen LogP contribution in [0.3, 0.4) is 0 Å². The van der Waals surface area contributed by atoms with E-state index in [1.165, 1.54) is 42.6 Å². The first-order chi connectivity index (χ1) is 20.7. The van der Waals surface area contributed by atoms with Gasteiger partial charge >= 0.3 is 12.1 Å². The lowest BCUT2D eigenvalue weighted by atomic mass is 9.84. The van der Waals surface area contributed by atoms with Gasteiger partial charge in [-0.3, -0.25) is 4.79 Å². The molecule has 0 saturated heterocycles. The van der Waals surface area contributed by atoms with Gasteiger partial charge in [0.15, 0.2) is 17.0 Å². The highest BCUT2D eigenvalue weighted by Gasteiger charge is 2.28. The zero-order valence-corrected chi connectivity index (χ0v) is 26.5. The number of nitrogens with zero attached hydrogens (tertiary/aromatic N) is 5. The van der Waals surface area contributed by atoms with Crippen LogP contribution in [-0.2, 0) is 27.4 Å². The van der Waals surface area contributed by atoms with E-state index in [1.807, 2.05) is 20.8 Å². The Bertz CT molecular complexity index is 1340. The summed E-state index contributed by atoms with van der Waals surface area (Å²) in [5.74, 6) is 0.902. The number of carbonyl (C=O) groups is 2. The Kier molecular flexibility index (Phi) is 11.4. The van der Waals surface area contributed by atoms with Crippen molar-refractivity contribution < 1.29 is 19.1 Å². The Balaban J connectivity index is 1.69. The fraction of sp³-hybridized carbons (Fsp3) is 0.606. The van der Waals surface area contributed by atoms with Crippen LogP contribution in [0.2, 0.25) is 0 Å². The lowest BCUT2D eigenvalue weighted by molar-refractivity contribution is -0.143. The van der Waals surface area contributed by atoms with Gasteiger partial charge in [-0.25, -0.2) is 14.7 Å². The molecule has 1 N–H and O–H groups in total. The molecule has 2 heterocycles. The summed E-state index contributed by atoms with van der Waals surface area (Å²) in [6, 6.07) is 8.52. The minimum atomic E-state index is -0.712. The molecule has 3 aromatic rings. The molecule has 1 aromatic carbocycles. The zero-order valence-electron chi connectivity index (χ0n) is 26.5. The van der Waals surface area contributed by atoms with Gasteiger partial charge in [0.1, 0.15) is 12.1 Å². The van der Waals surface area contributed by atoms with E-state index in [9.17, 15) is 9.59 Å². The summed E-state index contributed by atoms with van der Waals surface area (Å²) < 4.78 is 12.6. The summed E-state index contributed by atoms with van der Waals surface area (Å²) in [6.45, 7) is 10.6. The van der Waals surface area contributed by atoms with Crippen LogP contribution in [0.4, 0.5) is 16.6 Å². The summed E-state index contributed by atoms with van der Waals surface area (Å²) in [6.07, 6.45) is 11.7. The van der Waals surface area contributed by atoms with Gasteiger partial charge in [-0.2, -0.15) is 9.97 Å². The summed E-state index contributed by atoms with van der Waals surface area (Å²) in [7, 11) is 0. The lowest BCUT2D eigenvalue weighted by Crippen LogP contribution is -2.37. The number of nitrogens with one attached hydrogen (secondary N) is 1. The normalized spacial score (nSPS) is 14.1. The number of benzene rings is 1. The van der Waals surface area contributed by atoms with Crippen molar-refractivity contribution in [1.29, 1.82) is 0 Å². The molecular formula is C33H48N6O4. The molecule has 0 aliphatic heterocycles. The largest absolute Gasteiger partial charge is 0.465 e. The van der Waals surface area contributed by atoms with Crippen LogP contribution in [0.25, 0.3) is 11.2 Å². The Labute approximate surface area is 255 Å². The second-order valence-electron chi connectivity index (χ2n) is 12.4. The Morgan fingerprint density at radius 2 is 1.77 bits per heavy atom. The molecule has 234 valence electrons. The number of ether oxygens (including phenoxy) is 2. The lowest BCUT2D eigenvalue weighted by Gasteiger charge is -2.27. The van der Waals surface area contributed by atoms with Gasteiger partial charge in [-0.15, -0.1) is 0 Å². The number of hydrogen-bond donors (Lipinski definition) is 1. The van der Waals surface area contributed by atoms with Crippen LogP contribution in [0.15, 0.2) is 30.6 Å². The first kappa shape index (κ1) is 32.2. The van der Waals surface area contributed by atoms with Gasteiger partial charge in [0.05, 0.1) is 19.5 Å². The topological polar surface area (TPSA) is 111 Å². The molecular weight excluding hydrogens is 544 g/mol. The van der Waals surface area contributed by atoms with E-state index in [0.29, 0.717) is 29.4 Å². The van der Waals surface area contributed by atoms with Crippen LogP contribution >= 0.6 is 0 Å². The van der Waals surface area contributed by atoms with Gasteiger partial charge < -0.3 is 19.4 Å². The molecule has 1 aliphatic rings. The molecule has 0 bridgehead atoms. The van der Waals surface area contributed by atoms with Crippen LogP contribution in [-0.4, -0.2) is 50.3 Å². The van der Waals surface area contributed by atoms with Crippen molar-refractivity contribution in [1.82, 2.24) is 19.5 Å². The predicted octanol–water partition coefficient (Wildman–Crippen LogP) is 7.37. The smallest absolute Gasteiger partial charge is 0.417 e. The van der Waals surface area contributed by atoms with Crippen molar-refractivity contribution >= 4 is 35.0 Å². The maximum Gasteiger partial charge on any atom is 0.417 e. The van der Waals surface area contributed by atoms with Crippen LogP contribution < -0.4 is 10.2 Å². The summed E-state index contributed by atoms with van der Waals surface area (Å²) in [5, 5.41) is 3.41. The number of esters is 1. The van der Waals surface area contributed by atoms with Crippen molar-refractivity contribution in [3.8, 4) is 0 Å². The first-order valence-corrected chi connectivity index (χ1v) is 15.9. The van der Waals surface area contributed by atoms with E-state index in [1.54, 1.807) is 17.8 Å². The molecule has 10 heteroatoms. The van der Waals surface area contributed by atoms with Crippen LogP contribution in [0.1, 0.15) is 109 Å². The number of hydrogen-bond acceptors (Lipinski definition) is 8. The van der Waals surface area contributed by atoms with Crippen LogP contribution in [0.5, 0.6) is 0 Å². The minimum absolute atomic E-state index is 0.0498. The summed E-state index contributed by atoms with van der Waals surface area (Å²) >= 11 is 0. The quantitative estimate of drug-likeness (QED) is 0.162. The highest BCUT2D eigenvalue weighted by Crippen LogP contribution is 2.33. The fourth-order valence-corrected chi connectivity index (χ4v) is 5.44. The van der Waals surface area contributed by atoms with Crippen molar-refractivity contribution in [2.45, 2.75) is 117 Å². The number of imidazole rings is 1. The number of rotatable bonds is 13. The maximum absolute atomic E-state index is 13.7. The Morgan fingerprint density at radius 1 is 1.02 bits per heavy atom. The SMILES string of the molecule is CCCCCCNc1nc(N(Cc2ccc(C3CCCCC3)cc2)C(=O)OC(C)(C)C)nc2c1ncn2CC(=O)OCC. The monoisotopic (exact) mass is 592 g/mol. The number of carbonyl (C=O) groups excluding carboxylic acids is 2. The molecule has 4 rings (SSSR count). The van der Waals surface area contributed by atoms with E-state index in [-0.39, 0.29) is 25.6 Å². The predicted molar refractivity (Wildman–Crippen MR) is 169 cm³/mol. The van der Waals surface area contributed by atoms with E-state index in [0.717, 1.165) is 31.2 Å². The zero-order chi connectivity index (χ0) is 30.8. The fourth-order valence-electron chi connectivity index (χ4n) is 5.44. The van der Waals surface area contributed by atoms with E-state index >= 15 is 0 Å². The molecule has 0 spiro atoms. The first-order valence-electron chi connectivity index (χ1n) is 15.9. The summed E-state index contributed by atoms with van der Waals surface area (Å²) in [4.78, 5) is 41.6. The van der Waals surface area contributed by atoms with Gasteiger partial charge in [-0.1, -0.05) is 69.7 Å².